The molecule has 0 saturated heterocycles. The Morgan fingerprint density at radius 2 is 1.67 bits per heavy atom. The van der Waals surface area contributed by atoms with Gasteiger partial charge in [0, 0.05) is 37.2 Å². The fraction of sp³-hybridized carbons (Fsp3) is 0.750. The average molecular weight is 357 g/mol. The van der Waals surface area contributed by atoms with E-state index in [1.807, 2.05) is 0 Å². The SMILES string of the molecule is CC(C)(N)C(=O)O.II. The van der Waals surface area contributed by atoms with Crippen LogP contribution in [0.25, 0.3) is 0 Å². The van der Waals surface area contributed by atoms with Crippen LogP contribution in [0.4, 0.5) is 0 Å². The van der Waals surface area contributed by atoms with Crippen LogP contribution in [0.3, 0.4) is 0 Å². The van der Waals surface area contributed by atoms with Crippen LogP contribution >= 0.6 is 37.2 Å². The van der Waals surface area contributed by atoms with Gasteiger partial charge in [0.25, 0.3) is 0 Å². The van der Waals surface area contributed by atoms with E-state index in [0.717, 1.165) is 0 Å². The number of carbonyl (C=O) groups is 1. The molecule has 0 spiro atoms. The molecule has 0 saturated carbocycles. The average Bonchev–Trinajstić information content (AvgIpc) is 1.69. The third-order valence-corrected chi connectivity index (χ3v) is 0.551. The zero-order valence-electron chi connectivity index (χ0n) is 5.19. The quantitative estimate of drug-likeness (QED) is 0.701. The molecule has 0 aromatic carbocycles. The Bertz CT molecular complexity index is 89.1. The van der Waals surface area contributed by atoms with E-state index in [9.17, 15) is 4.79 Å². The molecular formula is C4H9I2NO2. The van der Waals surface area contributed by atoms with Gasteiger partial charge in [0.05, 0.1) is 0 Å². The minimum absolute atomic E-state index is 0.979. The molecule has 0 amide bonds. The maximum absolute atomic E-state index is 9.90. The van der Waals surface area contributed by atoms with Crippen LogP contribution in [-0.2, 0) is 4.79 Å². The van der Waals surface area contributed by atoms with Crippen molar-refractivity contribution in [2.24, 2.45) is 5.73 Å². The highest BCUT2D eigenvalue weighted by Gasteiger charge is 2.19. The molecule has 56 valence electrons. The summed E-state index contributed by atoms with van der Waals surface area (Å²) in [6.07, 6.45) is 0. The third kappa shape index (κ3) is 8.89. The van der Waals surface area contributed by atoms with Gasteiger partial charge in [0.1, 0.15) is 5.54 Å². The summed E-state index contributed by atoms with van der Waals surface area (Å²) in [6.45, 7) is 2.88. The minimum Gasteiger partial charge on any atom is -0.480 e. The van der Waals surface area contributed by atoms with Crippen LogP contribution in [0.1, 0.15) is 13.8 Å². The summed E-state index contributed by atoms with van der Waals surface area (Å²) in [4.78, 5) is 9.90. The van der Waals surface area contributed by atoms with Crippen molar-refractivity contribution in [1.29, 1.82) is 0 Å². The second-order valence-electron chi connectivity index (χ2n) is 2.03. The summed E-state index contributed by atoms with van der Waals surface area (Å²) in [5, 5.41) is 8.12. The van der Waals surface area contributed by atoms with Crippen LogP contribution in [0.15, 0.2) is 0 Å². The van der Waals surface area contributed by atoms with Gasteiger partial charge in [0.2, 0.25) is 0 Å². The normalized spacial score (nSPS) is 9.44. The fourth-order valence-corrected chi connectivity index (χ4v) is 0. The molecule has 0 aliphatic carbocycles. The number of rotatable bonds is 1. The third-order valence-electron chi connectivity index (χ3n) is 0.551. The summed E-state index contributed by atoms with van der Waals surface area (Å²) in [6, 6.07) is 0. The van der Waals surface area contributed by atoms with Crippen LogP contribution in [0.2, 0.25) is 0 Å². The zero-order valence-corrected chi connectivity index (χ0v) is 9.50. The van der Waals surface area contributed by atoms with Gasteiger partial charge in [-0.1, -0.05) is 0 Å². The van der Waals surface area contributed by atoms with Crippen molar-refractivity contribution >= 4 is 43.2 Å². The first-order chi connectivity index (χ1) is 3.94. The number of carboxylic acid groups (broad SMARTS) is 1. The van der Waals surface area contributed by atoms with Gasteiger partial charge in [-0.05, 0) is 13.8 Å². The van der Waals surface area contributed by atoms with Gasteiger partial charge in [0.15, 0.2) is 0 Å². The molecule has 0 unspecified atom stereocenters. The predicted molar refractivity (Wildman–Crippen MR) is 53.9 cm³/mol. The molecule has 9 heavy (non-hydrogen) atoms. The van der Waals surface area contributed by atoms with E-state index in [1.165, 1.54) is 13.8 Å². The lowest BCUT2D eigenvalue weighted by atomic mass is 10.1. The Hall–Kier alpha value is 0.890. The Kier molecular flexibility index (Phi) is 7.89. The first kappa shape index (κ1) is 12.6. The predicted octanol–water partition coefficient (Wildman–Crippen LogP) is 1.58. The van der Waals surface area contributed by atoms with E-state index in [-0.39, 0.29) is 0 Å². The lowest BCUT2D eigenvalue weighted by molar-refractivity contribution is -0.141. The van der Waals surface area contributed by atoms with E-state index < -0.39 is 11.5 Å². The first-order valence-electron chi connectivity index (χ1n) is 2.11. The Labute approximate surface area is 77.7 Å². The fourth-order valence-electron chi connectivity index (χ4n) is 0. The maximum atomic E-state index is 9.90. The molecule has 3 N–H and O–H groups in total. The summed E-state index contributed by atoms with van der Waals surface area (Å²) < 4.78 is 0. The maximum Gasteiger partial charge on any atom is 0.323 e. The summed E-state index contributed by atoms with van der Waals surface area (Å²) in [5.74, 6) is -0.979. The van der Waals surface area contributed by atoms with Crippen molar-refractivity contribution in [3.8, 4) is 0 Å². The number of hydrogen-bond donors (Lipinski definition) is 2. The largest absolute Gasteiger partial charge is 0.480 e. The second-order valence-corrected chi connectivity index (χ2v) is 2.03. The van der Waals surface area contributed by atoms with Crippen LogP contribution in [-0.4, -0.2) is 16.6 Å². The molecule has 0 fully saturated rings. The molecule has 0 aromatic heterocycles. The second kappa shape index (κ2) is 5.66. The van der Waals surface area contributed by atoms with Crippen LogP contribution in [0.5, 0.6) is 0 Å². The van der Waals surface area contributed by atoms with Crippen molar-refractivity contribution in [1.82, 2.24) is 0 Å². The topological polar surface area (TPSA) is 63.3 Å². The number of hydrogen-bond acceptors (Lipinski definition) is 2. The number of nitrogens with two attached hydrogens (primary N) is 1. The van der Waals surface area contributed by atoms with Crippen molar-refractivity contribution in [3.63, 3.8) is 0 Å². The van der Waals surface area contributed by atoms with E-state index in [4.69, 9.17) is 10.8 Å². The standard InChI is InChI=1S/C4H9NO2.I2/c1-4(2,5)3(6)7;1-2/h5H2,1-2H3,(H,6,7);. The molecule has 0 atom stereocenters. The number of carboxylic acids is 1. The van der Waals surface area contributed by atoms with Crippen molar-refractivity contribution in [2.45, 2.75) is 19.4 Å². The van der Waals surface area contributed by atoms with Crippen LogP contribution in [0, 0.1) is 0 Å². The van der Waals surface area contributed by atoms with Gasteiger partial charge in [-0.25, -0.2) is 0 Å². The minimum atomic E-state index is -1.08. The highest BCUT2D eigenvalue weighted by Crippen LogP contribution is 1.93. The summed E-state index contributed by atoms with van der Waals surface area (Å²) in [7, 11) is 0. The molecule has 0 rings (SSSR count). The lowest BCUT2D eigenvalue weighted by Gasteiger charge is -2.09. The van der Waals surface area contributed by atoms with E-state index in [0.29, 0.717) is 0 Å². The van der Waals surface area contributed by atoms with E-state index >= 15 is 0 Å². The highest BCUT2D eigenvalue weighted by atomic mass is 128. The Morgan fingerprint density at radius 3 is 1.67 bits per heavy atom. The van der Waals surface area contributed by atoms with Crippen molar-refractivity contribution in [2.75, 3.05) is 0 Å². The Balaban J connectivity index is 0. The van der Waals surface area contributed by atoms with Crippen molar-refractivity contribution < 1.29 is 9.90 Å². The zero-order chi connectivity index (χ0) is 8.08. The molecule has 0 bridgehead atoms. The molecule has 3 nitrogen and oxygen atoms in total. The summed E-state index contributed by atoms with van der Waals surface area (Å²) in [5.41, 5.74) is 4.00. The number of halogens is 2. The van der Waals surface area contributed by atoms with Crippen molar-refractivity contribution in [3.05, 3.63) is 0 Å². The smallest absolute Gasteiger partial charge is 0.323 e. The monoisotopic (exact) mass is 357 g/mol. The van der Waals surface area contributed by atoms with Gasteiger partial charge >= 0.3 is 5.97 Å². The Morgan fingerprint density at radius 1 is 1.56 bits per heavy atom. The van der Waals surface area contributed by atoms with Gasteiger partial charge < -0.3 is 10.8 Å². The lowest BCUT2D eigenvalue weighted by Crippen LogP contribution is -2.41. The van der Waals surface area contributed by atoms with Gasteiger partial charge in [-0.3, -0.25) is 4.79 Å². The molecule has 0 aliphatic heterocycles. The molecule has 0 heterocycles. The molecule has 0 aromatic rings. The van der Waals surface area contributed by atoms with Gasteiger partial charge in [-0.2, -0.15) is 0 Å². The van der Waals surface area contributed by atoms with E-state index in [1.54, 1.807) is 0 Å². The highest BCUT2D eigenvalue weighted by molar-refractivity contribution is 15.0. The van der Waals surface area contributed by atoms with Gasteiger partial charge in [-0.15, -0.1) is 0 Å². The summed E-state index contributed by atoms with van der Waals surface area (Å²) >= 11 is 4.24. The molecular weight excluding hydrogens is 348 g/mol. The van der Waals surface area contributed by atoms with E-state index in [2.05, 4.69) is 37.2 Å². The number of aliphatic carboxylic acids is 1. The molecule has 0 aliphatic rings. The molecule has 0 radical (unpaired) electrons. The van der Waals surface area contributed by atoms with Crippen LogP contribution < -0.4 is 5.73 Å². The molecule has 5 heteroatoms. The first-order valence-corrected chi connectivity index (χ1v) is 8.39.